The van der Waals surface area contributed by atoms with E-state index in [-0.39, 0.29) is 11.6 Å². The molecule has 0 saturated heterocycles. The van der Waals surface area contributed by atoms with E-state index >= 15 is 0 Å². The van der Waals surface area contributed by atoms with Gasteiger partial charge >= 0.3 is 0 Å². The van der Waals surface area contributed by atoms with Crippen molar-refractivity contribution in [2.45, 2.75) is 26.2 Å². The lowest BCUT2D eigenvalue weighted by atomic mass is 10.1. The second-order valence-corrected chi connectivity index (χ2v) is 3.05. The zero-order chi connectivity index (χ0) is 10.0. The maximum absolute atomic E-state index is 13.2. The zero-order valence-electron chi connectivity index (χ0n) is 7.39. The van der Waals surface area contributed by atoms with Gasteiger partial charge in [-0.25, -0.2) is 13.2 Å². The molecule has 4 heteroatoms. The standard InChI is InChI=1S/C9H10F3N/c1-5(2)8-7(10)6(9(11)12)3-4-13-8/h3-5,9H,1-2H3. The van der Waals surface area contributed by atoms with Gasteiger partial charge in [-0.2, -0.15) is 0 Å². The van der Waals surface area contributed by atoms with E-state index in [9.17, 15) is 13.2 Å². The van der Waals surface area contributed by atoms with Gasteiger partial charge in [0.05, 0.1) is 11.3 Å². The van der Waals surface area contributed by atoms with Crippen LogP contribution in [0.3, 0.4) is 0 Å². The van der Waals surface area contributed by atoms with Crippen LogP contribution in [0.5, 0.6) is 0 Å². The minimum absolute atomic E-state index is 0.0952. The van der Waals surface area contributed by atoms with E-state index in [0.717, 1.165) is 6.07 Å². The molecule has 0 saturated carbocycles. The highest BCUT2D eigenvalue weighted by atomic mass is 19.3. The number of rotatable bonds is 2. The molecule has 0 aliphatic carbocycles. The minimum atomic E-state index is -2.78. The lowest BCUT2D eigenvalue weighted by Gasteiger charge is -2.08. The Labute approximate surface area is 74.6 Å². The van der Waals surface area contributed by atoms with Gasteiger partial charge in [0.15, 0.2) is 5.82 Å². The maximum atomic E-state index is 13.2. The van der Waals surface area contributed by atoms with Crippen molar-refractivity contribution in [3.63, 3.8) is 0 Å². The molecule has 0 aliphatic heterocycles. The molecule has 0 aliphatic rings. The van der Waals surface area contributed by atoms with E-state index in [2.05, 4.69) is 4.98 Å². The van der Waals surface area contributed by atoms with Crippen molar-refractivity contribution in [1.29, 1.82) is 0 Å². The maximum Gasteiger partial charge on any atom is 0.266 e. The highest BCUT2D eigenvalue weighted by molar-refractivity contribution is 5.22. The fraction of sp³-hybridized carbons (Fsp3) is 0.444. The van der Waals surface area contributed by atoms with Crippen LogP contribution in [0.4, 0.5) is 13.2 Å². The predicted octanol–water partition coefficient (Wildman–Crippen LogP) is 3.28. The molecule has 0 unspecified atom stereocenters. The number of alkyl halides is 2. The molecule has 0 amide bonds. The van der Waals surface area contributed by atoms with E-state index in [1.807, 2.05) is 0 Å². The molecule has 1 aromatic heterocycles. The lowest BCUT2D eigenvalue weighted by Crippen LogP contribution is -2.01. The average Bonchev–Trinajstić information content (AvgIpc) is 2.03. The van der Waals surface area contributed by atoms with Gasteiger partial charge in [0.1, 0.15) is 0 Å². The normalized spacial score (nSPS) is 11.3. The van der Waals surface area contributed by atoms with Crippen LogP contribution in [-0.4, -0.2) is 4.98 Å². The smallest absolute Gasteiger partial charge is 0.258 e. The summed E-state index contributed by atoms with van der Waals surface area (Å²) in [5, 5.41) is 0. The van der Waals surface area contributed by atoms with Gasteiger partial charge < -0.3 is 0 Å². The average molecular weight is 189 g/mol. The van der Waals surface area contributed by atoms with E-state index in [1.165, 1.54) is 6.20 Å². The molecule has 0 radical (unpaired) electrons. The summed E-state index contributed by atoms with van der Waals surface area (Å²) >= 11 is 0. The fourth-order valence-electron chi connectivity index (χ4n) is 1.05. The van der Waals surface area contributed by atoms with Crippen molar-refractivity contribution in [2.75, 3.05) is 0 Å². The Hall–Kier alpha value is -1.06. The largest absolute Gasteiger partial charge is 0.266 e. The van der Waals surface area contributed by atoms with Crippen LogP contribution >= 0.6 is 0 Å². The monoisotopic (exact) mass is 189 g/mol. The highest BCUT2D eigenvalue weighted by Gasteiger charge is 2.18. The van der Waals surface area contributed by atoms with Crippen LogP contribution in [0.25, 0.3) is 0 Å². The third-order valence-corrected chi connectivity index (χ3v) is 1.73. The number of aromatic nitrogens is 1. The topological polar surface area (TPSA) is 12.9 Å². The highest BCUT2D eigenvalue weighted by Crippen LogP contribution is 2.25. The molecule has 1 rings (SSSR count). The lowest BCUT2D eigenvalue weighted by molar-refractivity contribution is 0.145. The number of nitrogens with zero attached hydrogens (tertiary/aromatic N) is 1. The molecule has 1 aromatic rings. The summed E-state index contributed by atoms with van der Waals surface area (Å²) in [5.74, 6) is -1.06. The Bertz CT molecular complexity index is 271. The summed E-state index contributed by atoms with van der Waals surface area (Å²) < 4.78 is 37.6. The van der Waals surface area contributed by atoms with Gasteiger partial charge in [-0.3, -0.25) is 4.98 Å². The van der Waals surface area contributed by atoms with Crippen LogP contribution < -0.4 is 0 Å². The summed E-state index contributed by atoms with van der Waals surface area (Å²) in [4.78, 5) is 3.71. The van der Waals surface area contributed by atoms with E-state index in [0.29, 0.717) is 0 Å². The molecule has 0 spiro atoms. The molecule has 1 nitrogen and oxygen atoms in total. The molecule has 0 N–H and O–H groups in total. The number of hydrogen-bond acceptors (Lipinski definition) is 1. The summed E-state index contributed by atoms with van der Waals surface area (Å²) in [6.45, 7) is 3.42. The molecule has 0 aromatic carbocycles. The number of hydrogen-bond donors (Lipinski definition) is 0. The van der Waals surface area contributed by atoms with Gasteiger partial charge in [0.2, 0.25) is 0 Å². The molecule has 0 bridgehead atoms. The summed E-state index contributed by atoms with van der Waals surface area (Å²) in [5.41, 5.74) is -0.475. The molecular weight excluding hydrogens is 179 g/mol. The van der Waals surface area contributed by atoms with Gasteiger partial charge in [-0.1, -0.05) is 13.8 Å². The molecular formula is C9H10F3N. The van der Waals surface area contributed by atoms with Crippen LogP contribution in [0.2, 0.25) is 0 Å². The SMILES string of the molecule is CC(C)c1nccc(C(F)F)c1F. The Morgan fingerprint density at radius 2 is 1.92 bits per heavy atom. The Kier molecular flexibility index (Phi) is 2.90. The van der Waals surface area contributed by atoms with Crippen molar-refractivity contribution in [2.24, 2.45) is 0 Å². The van der Waals surface area contributed by atoms with Gasteiger partial charge in [0.25, 0.3) is 6.43 Å². The third-order valence-electron chi connectivity index (χ3n) is 1.73. The molecule has 0 fully saturated rings. The van der Waals surface area contributed by atoms with Crippen LogP contribution in [-0.2, 0) is 0 Å². The van der Waals surface area contributed by atoms with Crippen LogP contribution in [0, 0.1) is 5.82 Å². The molecule has 13 heavy (non-hydrogen) atoms. The van der Waals surface area contributed by atoms with Gasteiger partial charge in [0, 0.05) is 6.20 Å². The first-order chi connectivity index (χ1) is 6.04. The van der Waals surface area contributed by atoms with Crippen LogP contribution in [0.1, 0.15) is 37.4 Å². The molecule has 1 heterocycles. The van der Waals surface area contributed by atoms with Crippen molar-refractivity contribution >= 4 is 0 Å². The number of pyridine rings is 1. The number of halogens is 3. The van der Waals surface area contributed by atoms with Crippen molar-refractivity contribution in [3.05, 3.63) is 29.3 Å². The second kappa shape index (κ2) is 3.77. The van der Waals surface area contributed by atoms with E-state index in [1.54, 1.807) is 13.8 Å². The van der Waals surface area contributed by atoms with Gasteiger partial charge in [-0.05, 0) is 12.0 Å². The minimum Gasteiger partial charge on any atom is -0.258 e. The molecule has 72 valence electrons. The summed E-state index contributed by atoms with van der Waals surface area (Å²) in [6, 6.07) is 1.01. The first-order valence-electron chi connectivity index (χ1n) is 3.96. The quantitative estimate of drug-likeness (QED) is 0.695. The zero-order valence-corrected chi connectivity index (χ0v) is 7.39. The summed E-state index contributed by atoms with van der Waals surface area (Å²) in [7, 11) is 0. The predicted molar refractivity (Wildman–Crippen MR) is 43.2 cm³/mol. The summed E-state index contributed by atoms with van der Waals surface area (Å²) in [6.07, 6.45) is -1.57. The first-order valence-corrected chi connectivity index (χ1v) is 3.96. The Balaban J connectivity index is 3.18. The van der Waals surface area contributed by atoms with E-state index in [4.69, 9.17) is 0 Å². The first kappa shape index (κ1) is 10.0. The second-order valence-electron chi connectivity index (χ2n) is 3.05. The van der Waals surface area contributed by atoms with Gasteiger partial charge in [-0.15, -0.1) is 0 Å². The van der Waals surface area contributed by atoms with Crippen molar-refractivity contribution in [1.82, 2.24) is 4.98 Å². The fourth-order valence-corrected chi connectivity index (χ4v) is 1.05. The van der Waals surface area contributed by atoms with Crippen molar-refractivity contribution < 1.29 is 13.2 Å². The Morgan fingerprint density at radius 1 is 1.31 bits per heavy atom. The van der Waals surface area contributed by atoms with Crippen molar-refractivity contribution in [3.8, 4) is 0 Å². The Morgan fingerprint density at radius 3 is 2.38 bits per heavy atom. The van der Waals surface area contributed by atoms with Crippen LogP contribution in [0.15, 0.2) is 12.3 Å². The van der Waals surface area contributed by atoms with E-state index < -0.39 is 17.8 Å². The molecule has 0 atom stereocenters. The third kappa shape index (κ3) is 1.99.